The van der Waals surface area contributed by atoms with Crippen LogP contribution in [0.1, 0.15) is 50.9 Å². The molecule has 7 heteroatoms. The van der Waals surface area contributed by atoms with Crippen LogP contribution in [0.15, 0.2) is 59.5 Å². The lowest BCUT2D eigenvalue weighted by Crippen LogP contribution is -2.20. The minimum atomic E-state index is -0.479. The van der Waals surface area contributed by atoms with Crippen molar-refractivity contribution in [2.45, 2.75) is 42.2 Å². The maximum atomic E-state index is 13.5. The summed E-state index contributed by atoms with van der Waals surface area (Å²) in [7, 11) is 1.39. The average Bonchev–Trinajstić information content (AvgIpc) is 2.98. The SMILES string of the molecule is COC(=O)c1c(NC(=O)C(Sc2ccc(N)cc2)c2ccccc2)sc2c1CCCCC2. The lowest BCUT2D eigenvalue weighted by atomic mass is 10.1. The Labute approximate surface area is 196 Å². The number of rotatable bonds is 6. The number of thioether (sulfide) groups is 1. The van der Waals surface area contributed by atoms with Gasteiger partial charge in [-0.3, -0.25) is 4.79 Å². The molecule has 0 spiro atoms. The molecular weight excluding hydrogens is 440 g/mol. The Morgan fingerprint density at radius 2 is 1.75 bits per heavy atom. The van der Waals surface area contributed by atoms with Crippen LogP contribution in [0.25, 0.3) is 0 Å². The van der Waals surface area contributed by atoms with E-state index in [4.69, 9.17) is 10.5 Å². The minimum absolute atomic E-state index is 0.167. The molecular formula is C25H26N2O3S2. The van der Waals surface area contributed by atoms with Gasteiger partial charge in [0.15, 0.2) is 0 Å². The highest BCUT2D eigenvalue weighted by Gasteiger charge is 2.29. The number of anilines is 2. The van der Waals surface area contributed by atoms with E-state index < -0.39 is 5.25 Å². The quantitative estimate of drug-likeness (QED) is 0.206. The van der Waals surface area contributed by atoms with Crippen molar-refractivity contribution in [2.24, 2.45) is 0 Å². The van der Waals surface area contributed by atoms with Crippen LogP contribution in [0, 0.1) is 0 Å². The fourth-order valence-electron chi connectivity index (χ4n) is 3.91. The van der Waals surface area contributed by atoms with E-state index in [1.807, 2.05) is 54.6 Å². The van der Waals surface area contributed by atoms with Gasteiger partial charge in [0.25, 0.3) is 0 Å². The van der Waals surface area contributed by atoms with E-state index in [0.717, 1.165) is 48.1 Å². The summed E-state index contributed by atoms with van der Waals surface area (Å²) in [6.45, 7) is 0. The molecule has 3 N–H and O–H groups in total. The molecule has 1 unspecified atom stereocenters. The Morgan fingerprint density at radius 1 is 1.03 bits per heavy atom. The fraction of sp³-hybridized carbons (Fsp3) is 0.280. The van der Waals surface area contributed by atoms with Gasteiger partial charge in [-0.25, -0.2) is 4.79 Å². The number of hydrogen-bond donors (Lipinski definition) is 2. The van der Waals surface area contributed by atoms with Gasteiger partial charge in [-0.1, -0.05) is 36.8 Å². The highest BCUT2D eigenvalue weighted by atomic mass is 32.2. The number of nitrogens with two attached hydrogens (primary N) is 1. The zero-order valence-corrected chi connectivity index (χ0v) is 19.6. The third-order valence-electron chi connectivity index (χ3n) is 5.52. The predicted molar refractivity (Wildman–Crippen MR) is 131 cm³/mol. The van der Waals surface area contributed by atoms with Crippen molar-refractivity contribution in [1.29, 1.82) is 0 Å². The maximum Gasteiger partial charge on any atom is 0.341 e. The van der Waals surface area contributed by atoms with Crippen molar-refractivity contribution in [3.63, 3.8) is 0 Å². The molecule has 1 aromatic heterocycles. The second kappa shape index (κ2) is 10.2. The minimum Gasteiger partial charge on any atom is -0.465 e. The number of hydrogen-bond acceptors (Lipinski definition) is 6. The van der Waals surface area contributed by atoms with Crippen molar-refractivity contribution in [3.8, 4) is 0 Å². The van der Waals surface area contributed by atoms with Crippen LogP contribution < -0.4 is 11.1 Å². The summed E-state index contributed by atoms with van der Waals surface area (Å²) in [6.07, 6.45) is 5.07. The first-order valence-corrected chi connectivity index (χ1v) is 12.4. The van der Waals surface area contributed by atoms with Crippen LogP contribution in [0.3, 0.4) is 0 Å². The maximum absolute atomic E-state index is 13.5. The molecule has 1 aliphatic carbocycles. The van der Waals surface area contributed by atoms with E-state index >= 15 is 0 Å². The normalized spacial score (nSPS) is 14.2. The number of nitrogen functional groups attached to an aromatic ring is 1. The molecule has 0 saturated carbocycles. The summed E-state index contributed by atoms with van der Waals surface area (Å²) < 4.78 is 5.08. The van der Waals surface area contributed by atoms with Gasteiger partial charge in [0.05, 0.1) is 12.7 Å². The second-order valence-electron chi connectivity index (χ2n) is 7.73. The number of esters is 1. The number of nitrogens with one attached hydrogen (secondary N) is 1. The molecule has 0 aliphatic heterocycles. The topological polar surface area (TPSA) is 81.4 Å². The van der Waals surface area contributed by atoms with Crippen molar-refractivity contribution in [3.05, 3.63) is 76.2 Å². The van der Waals surface area contributed by atoms with Crippen molar-refractivity contribution >= 4 is 45.7 Å². The van der Waals surface area contributed by atoms with Gasteiger partial charge >= 0.3 is 5.97 Å². The molecule has 0 bridgehead atoms. The predicted octanol–water partition coefficient (Wildman–Crippen LogP) is 5.86. The summed E-state index contributed by atoms with van der Waals surface area (Å²) in [4.78, 5) is 28.3. The number of fused-ring (bicyclic) bond motifs is 1. The van der Waals surface area contributed by atoms with Crippen LogP contribution in [0.4, 0.5) is 10.7 Å². The number of carbonyl (C=O) groups is 2. The number of thiophene rings is 1. The smallest absolute Gasteiger partial charge is 0.341 e. The number of ether oxygens (including phenoxy) is 1. The van der Waals surface area contributed by atoms with E-state index in [1.54, 1.807) is 0 Å². The summed E-state index contributed by atoms with van der Waals surface area (Å²) in [5.41, 5.74) is 8.95. The van der Waals surface area contributed by atoms with E-state index in [9.17, 15) is 9.59 Å². The first kappa shape index (κ1) is 22.4. The van der Waals surface area contributed by atoms with Crippen molar-refractivity contribution in [1.82, 2.24) is 0 Å². The van der Waals surface area contributed by atoms with Crippen LogP contribution in [0.5, 0.6) is 0 Å². The Bertz CT molecular complexity index is 1090. The standard InChI is InChI=1S/C25H26N2O3S2/c1-30-25(29)21-19-10-6-3-7-11-20(19)32-24(21)27-23(28)22(16-8-4-2-5-9-16)31-18-14-12-17(26)13-15-18/h2,4-5,8-9,12-15,22H,3,6-7,10-11,26H2,1H3,(H,27,28). The van der Waals surface area contributed by atoms with Gasteiger partial charge in [-0.15, -0.1) is 23.1 Å². The highest BCUT2D eigenvalue weighted by molar-refractivity contribution is 8.00. The molecule has 1 atom stereocenters. The Hall–Kier alpha value is -2.77. The van der Waals surface area contributed by atoms with Crippen molar-refractivity contribution < 1.29 is 14.3 Å². The Kier molecular flexibility index (Phi) is 7.17. The van der Waals surface area contributed by atoms with Gasteiger partial charge in [0, 0.05) is 15.5 Å². The summed E-state index contributed by atoms with van der Waals surface area (Å²) in [5.74, 6) is -0.554. The van der Waals surface area contributed by atoms with Crippen LogP contribution >= 0.6 is 23.1 Å². The van der Waals surface area contributed by atoms with Gasteiger partial charge in [-0.2, -0.15) is 0 Å². The van der Waals surface area contributed by atoms with Crippen LogP contribution in [-0.2, 0) is 22.4 Å². The van der Waals surface area contributed by atoms with Gasteiger partial charge in [0.2, 0.25) is 5.91 Å². The lowest BCUT2D eigenvalue weighted by Gasteiger charge is -2.17. The summed E-state index contributed by atoms with van der Waals surface area (Å²) in [5, 5.41) is 3.18. The number of aryl methyl sites for hydroxylation is 1. The molecule has 5 nitrogen and oxygen atoms in total. The van der Waals surface area contributed by atoms with Crippen LogP contribution in [-0.4, -0.2) is 19.0 Å². The zero-order valence-electron chi connectivity index (χ0n) is 17.9. The van der Waals surface area contributed by atoms with E-state index in [0.29, 0.717) is 16.3 Å². The molecule has 1 heterocycles. The lowest BCUT2D eigenvalue weighted by molar-refractivity contribution is -0.115. The van der Waals surface area contributed by atoms with E-state index in [1.165, 1.54) is 35.1 Å². The number of amides is 1. The largest absolute Gasteiger partial charge is 0.465 e. The monoisotopic (exact) mass is 466 g/mol. The zero-order chi connectivity index (χ0) is 22.5. The third-order valence-corrected chi connectivity index (χ3v) is 8.00. The molecule has 0 fully saturated rings. The molecule has 3 aromatic rings. The molecule has 0 radical (unpaired) electrons. The molecule has 4 rings (SSSR count). The van der Waals surface area contributed by atoms with E-state index in [-0.39, 0.29) is 11.9 Å². The Morgan fingerprint density at radius 3 is 2.47 bits per heavy atom. The number of methoxy groups -OCH3 is 1. The number of carbonyl (C=O) groups excluding carboxylic acids is 2. The molecule has 32 heavy (non-hydrogen) atoms. The van der Waals surface area contributed by atoms with Gasteiger partial charge < -0.3 is 15.8 Å². The summed E-state index contributed by atoms with van der Waals surface area (Å²) in [6, 6.07) is 17.1. The van der Waals surface area contributed by atoms with Crippen LogP contribution in [0.2, 0.25) is 0 Å². The average molecular weight is 467 g/mol. The number of benzene rings is 2. The highest BCUT2D eigenvalue weighted by Crippen LogP contribution is 2.41. The van der Waals surface area contributed by atoms with Crippen molar-refractivity contribution in [2.75, 3.05) is 18.2 Å². The first-order valence-electron chi connectivity index (χ1n) is 10.7. The summed E-state index contributed by atoms with van der Waals surface area (Å²) >= 11 is 2.97. The second-order valence-corrected chi connectivity index (χ2v) is 10.0. The Balaban J connectivity index is 1.66. The molecule has 1 amide bonds. The third kappa shape index (κ3) is 5.00. The molecule has 0 saturated heterocycles. The van der Waals surface area contributed by atoms with E-state index in [2.05, 4.69) is 5.32 Å². The van der Waals surface area contributed by atoms with Gasteiger partial charge in [0.1, 0.15) is 10.3 Å². The molecule has 166 valence electrons. The van der Waals surface area contributed by atoms with Gasteiger partial charge in [-0.05, 0) is 61.1 Å². The first-order chi connectivity index (χ1) is 15.6. The molecule has 2 aromatic carbocycles. The fourth-order valence-corrected chi connectivity index (χ4v) is 6.21. The molecule has 1 aliphatic rings.